The summed E-state index contributed by atoms with van der Waals surface area (Å²) in [6.07, 6.45) is 2.88. The Morgan fingerprint density at radius 1 is 1.19 bits per heavy atom. The molecule has 152 valence electrons. The SMILES string of the molecule is CC1CCC2(CC1)NC(=O)N(NC(=O)CN(C)CC(=O)NC(C)(C)C)C2=O. The first-order chi connectivity index (χ1) is 12.4. The highest BCUT2D eigenvalue weighted by atomic mass is 16.2. The molecular weight excluding hydrogens is 350 g/mol. The van der Waals surface area contributed by atoms with E-state index >= 15 is 0 Å². The van der Waals surface area contributed by atoms with Crippen molar-refractivity contribution in [2.24, 2.45) is 5.92 Å². The first-order valence-corrected chi connectivity index (χ1v) is 9.38. The quantitative estimate of drug-likeness (QED) is 0.596. The van der Waals surface area contributed by atoms with Crippen molar-refractivity contribution in [3.05, 3.63) is 0 Å². The molecule has 0 atom stereocenters. The van der Waals surface area contributed by atoms with E-state index in [4.69, 9.17) is 0 Å². The van der Waals surface area contributed by atoms with Crippen LogP contribution in [0.3, 0.4) is 0 Å². The predicted molar refractivity (Wildman–Crippen MR) is 99.3 cm³/mol. The molecule has 1 saturated carbocycles. The van der Waals surface area contributed by atoms with Crippen LogP contribution in [0, 0.1) is 5.92 Å². The highest BCUT2D eigenvalue weighted by molar-refractivity contribution is 6.08. The maximum Gasteiger partial charge on any atom is 0.344 e. The van der Waals surface area contributed by atoms with Crippen LogP contribution in [0.1, 0.15) is 53.4 Å². The fourth-order valence-corrected chi connectivity index (χ4v) is 3.48. The zero-order valence-electron chi connectivity index (χ0n) is 16.8. The lowest BCUT2D eigenvalue weighted by Gasteiger charge is -2.33. The van der Waals surface area contributed by atoms with Gasteiger partial charge in [0.2, 0.25) is 5.91 Å². The summed E-state index contributed by atoms with van der Waals surface area (Å²) in [7, 11) is 1.62. The van der Waals surface area contributed by atoms with Gasteiger partial charge in [-0.2, -0.15) is 5.01 Å². The number of nitrogens with one attached hydrogen (secondary N) is 3. The van der Waals surface area contributed by atoms with E-state index in [1.165, 1.54) is 4.90 Å². The lowest BCUT2D eigenvalue weighted by atomic mass is 9.77. The molecule has 0 aromatic heterocycles. The molecular formula is C18H31N5O4. The Morgan fingerprint density at radius 3 is 2.30 bits per heavy atom. The summed E-state index contributed by atoms with van der Waals surface area (Å²) in [5.74, 6) is -0.605. The number of rotatable bonds is 5. The Balaban J connectivity index is 1.87. The van der Waals surface area contributed by atoms with Crippen LogP contribution < -0.4 is 16.1 Å². The number of likely N-dealkylation sites (N-methyl/N-ethyl adjacent to an activating group) is 1. The summed E-state index contributed by atoms with van der Waals surface area (Å²) in [5.41, 5.74) is 1.12. The third-order valence-electron chi connectivity index (χ3n) is 4.87. The fourth-order valence-electron chi connectivity index (χ4n) is 3.48. The van der Waals surface area contributed by atoms with Gasteiger partial charge in [-0.05, 0) is 59.4 Å². The van der Waals surface area contributed by atoms with Crippen LogP contribution in [0.25, 0.3) is 0 Å². The standard InChI is InChI=1S/C18H31N5O4/c1-12-6-8-18(9-7-12)15(26)23(16(27)20-18)21-14(25)11-22(5)10-13(24)19-17(2,3)4/h12H,6-11H2,1-5H3,(H,19,24)(H,20,27)(H,21,25). The molecule has 1 aliphatic heterocycles. The normalized spacial score (nSPS) is 25.7. The van der Waals surface area contributed by atoms with Crippen molar-refractivity contribution in [3.63, 3.8) is 0 Å². The Bertz CT molecular complexity index is 620. The molecule has 3 N–H and O–H groups in total. The van der Waals surface area contributed by atoms with E-state index in [2.05, 4.69) is 23.0 Å². The van der Waals surface area contributed by atoms with E-state index in [0.29, 0.717) is 18.8 Å². The monoisotopic (exact) mass is 381 g/mol. The summed E-state index contributed by atoms with van der Waals surface area (Å²) in [4.78, 5) is 50.6. The van der Waals surface area contributed by atoms with E-state index in [1.54, 1.807) is 7.05 Å². The fraction of sp³-hybridized carbons (Fsp3) is 0.778. The number of hydrazine groups is 1. The first-order valence-electron chi connectivity index (χ1n) is 9.38. The highest BCUT2D eigenvalue weighted by Gasteiger charge is 2.52. The van der Waals surface area contributed by atoms with Crippen LogP contribution in [0.5, 0.6) is 0 Å². The highest BCUT2D eigenvalue weighted by Crippen LogP contribution is 2.35. The maximum atomic E-state index is 12.7. The van der Waals surface area contributed by atoms with Crippen molar-refractivity contribution < 1.29 is 19.2 Å². The molecule has 0 aromatic carbocycles. The smallest absolute Gasteiger partial charge is 0.344 e. The van der Waals surface area contributed by atoms with Gasteiger partial charge in [-0.25, -0.2) is 4.79 Å². The van der Waals surface area contributed by atoms with Crippen molar-refractivity contribution in [1.82, 2.24) is 26.0 Å². The summed E-state index contributed by atoms with van der Waals surface area (Å²) < 4.78 is 0. The van der Waals surface area contributed by atoms with Crippen molar-refractivity contribution in [3.8, 4) is 0 Å². The van der Waals surface area contributed by atoms with Gasteiger partial charge in [0.05, 0.1) is 13.1 Å². The number of nitrogens with zero attached hydrogens (tertiary/aromatic N) is 2. The minimum Gasteiger partial charge on any atom is -0.350 e. The van der Waals surface area contributed by atoms with Gasteiger partial charge >= 0.3 is 6.03 Å². The third kappa shape index (κ3) is 5.41. The molecule has 5 amide bonds. The molecule has 9 nitrogen and oxygen atoms in total. The van der Waals surface area contributed by atoms with Crippen LogP contribution in [0.4, 0.5) is 4.79 Å². The number of amides is 5. The average molecular weight is 381 g/mol. The van der Waals surface area contributed by atoms with Gasteiger partial charge in [0, 0.05) is 5.54 Å². The molecule has 1 aliphatic carbocycles. The second-order valence-electron chi connectivity index (χ2n) is 8.84. The Hall–Kier alpha value is -2.16. The van der Waals surface area contributed by atoms with E-state index in [-0.39, 0.29) is 24.5 Å². The lowest BCUT2D eigenvalue weighted by molar-refractivity contribution is -0.140. The molecule has 1 spiro atoms. The van der Waals surface area contributed by atoms with Crippen LogP contribution in [-0.2, 0) is 14.4 Å². The van der Waals surface area contributed by atoms with E-state index in [0.717, 1.165) is 17.9 Å². The zero-order chi connectivity index (χ0) is 20.4. The number of hydrogen-bond donors (Lipinski definition) is 3. The molecule has 9 heteroatoms. The molecule has 2 aliphatic rings. The topological polar surface area (TPSA) is 111 Å². The van der Waals surface area contributed by atoms with Crippen LogP contribution in [0.2, 0.25) is 0 Å². The third-order valence-corrected chi connectivity index (χ3v) is 4.87. The Morgan fingerprint density at radius 2 is 1.74 bits per heavy atom. The average Bonchev–Trinajstić information content (AvgIpc) is 2.72. The van der Waals surface area contributed by atoms with Crippen LogP contribution in [-0.4, -0.2) is 64.9 Å². The van der Waals surface area contributed by atoms with Gasteiger partial charge in [-0.15, -0.1) is 0 Å². The van der Waals surface area contributed by atoms with E-state index in [9.17, 15) is 19.2 Å². The van der Waals surface area contributed by atoms with E-state index < -0.39 is 23.4 Å². The molecule has 0 radical (unpaired) electrons. The van der Waals surface area contributed by atoms with E-state index in [1.807, 2.05) is 20.8 Å². The number of urea groups is 1. The number of imide groups is 1. The largest absolute Gasteiger partial charge is 0.350 e. The lowest BCUT2D eigenvalue weighted by Crippen LogP contribution is -2.53. The molecule has 0 unspecified atom stereocenters. The number of hydrogen-bond acceptors (Lipinski definition) is 5. The molecule has 2 fully saturated rings. The Labute approximate surface area is 160 Å². The molecule has 0 bridgehead atoms. The predicted octanol–water partition coefficient (Wildman–Crippen LogP) is 0.365. The number of carbonyl (C=O) groups is 4. The van der Waals surface area contributed by atoms with Gasteiger partial charge in [0.1, 0.15) is 5.54 Å². The van der Waals surface area contributed by atoms with Gasteiger partial charge < -0.3 is 10.6 Å². The van der Waals surface area contributed by atoms with Crippen molar-refractivity contribution in [1.29, 1.82) is 0 Å². The van der Waals surface area contributed by atoms with Crippen molar-refractivity contribution >= 4 is 23.8 Å². The first kappa shape index (κ1) is 21.1. The van der Waals surface area contributed by atoms with Gasteiger partial charge in [0.15, 0.2) is 0 Å². The molecule has 2 rings (SSSR count). The minimum absolute atomic E-state index is 0.0344. The van der Waals surface area contributed by atoms with Crippen molar-refractivity contribution in [2.45, 2.75) is 64.5 Å². The molecule has 27 heavy (non-hydrogen) atoms. The Kier molecular flexibility index (Phi) is 6.14. The van der Waals surface area contributed by atoms with Crippen molar-refractivity contribution in [2.75, 3.05) is 20.1 Å². The summed E-state index contributed by atoms with van der Waals surface area (Å²) in [6, 6.07) is -0.601. The summed E-state index contributed by atoms with van der Waals surface area (Å²) >= 11 is 0. The second-order valence-corrected chi connectivity index (χ2v) is 8.84. The number of carbonyl (C=O) groups excluding carboxylic acids is 4. The molecule has 1 heterocycles. The van der Waals surface area contributed by atoms with Crippen LogP contribution in [0.15, 0.2) is 0 Å². The molecule has 1 saturated heterocycles. The molecule has 0 aromatic rings. The zero-order valence-corrected chi connectivity index (χ0v) is 16.8. The summed E-state index contributed by atoms with van der Waals surface area (Å²) in [5, 5.41) is 6.34. The van der Waals surface area contributed by atoms with Gasteiger partial charge in [-0.1, -0.05) is 6.92 Å². The van der Waals surface area contributed by atoms with Gasteiger partial charge in [-0.3, -0.25) is 24.7 Å². The second kappa shape index (κ2) is 7.84. The summed E-state index contributed by atoms with van der Waals surface area (Å²) in [6.45, 7) is 7.66. The minimum atomic E-state index is -0.893. The van der Waals surface area contributed by atoms with Crippen LogP contribution >= 0.6 is 0 Å². The maximum absolute atomic E-state index is 12.7. The van der Waals surface area contributed by atoms with Gasteiger partial charge in [0.25, 0.3) is 11.8 Å².